The summed E-state index contributed by atoms with van der Waals surface area (Å²) in [7, 11) is 2.95. The van der Waals surface area contributed by atoms with Crippen LogP contribution >= 0.6 is 0 Å². The largest absolute Gasteiger partial charge is 0.504 e. The molecule has 3 aromatic rings. The summed E-state index contributed by atoms with van der Waals surface area (Å²) in [5.74, 6) is -0.107. The van der Waals surface area contributed by atoms with Crippen LogP contribution in [-0.4, -0.2) is 55.9 Å². The number of hydrogen-bond acceptors (Lipinski definition) is 6. The maximum atomic E-state index is 14.7. The second kappa shape index (κ2) is 11.8. The molecule has 0 bridgehead atoms. The molecule has 222 valence electrons. The van der Waals surface area contributed by atoms with Crippen molar-refractivity contribution in [3.05, 3.63) is 113 Å². The number of para-hydroxylation sites is 1. The molecule has 0 saturated carbocycles. The van der Waals surface area contributed by atoms with Gasteiger partial charge in [0.25, 0.3) is 0 Å². The Hall–Kier alpha value is -4.23. The number of amides is 1. The SMILES string of the molecule is CC[C@H]1CN2CC[C@]3(C(=O)N(Cc4ccc(C(=O)c5ccccc5)cc4)c4ccccc43)C2C[C@@H]1/C(=C\OC)C(=O)OC. The fraction of sp³-hybridized carbons (Fsp3) is 0.361. The van der Waals surface area contributed by atoms with Gasteiger partial charge < -0.3 is 14.4 Å². The number of benzene rings is 3. The first kappa shape index (κ1) is 28.9. The molecule has 4 atom stereocenters. The molecule has 3 aromatic carbocycles. The van der Waals surface area contributed by atoms with E-state index >= 15 is 0 Å². The van der Waals surface area contributed by atoms with Crippen molar-refractivity contribution in [2.45, 2.75) is 44.2 Å². The van der Waals surface area contributed by atoms with Crippen LogP contribution in [0, 0.1) is 11.8 Å². The minimum Gasteiger partial charge on any atom is -0.504 e. The summed E-state index contributed by atoms with van der Waals surface area (Å²) < 4.78 is 10.5. The van der Waals surface area contributed by atoms with Gasteiger partial charge >= 0.3 is 5.97 Å². The van der Waals surface area contributed by atoms with Gasteiger partial charge in [0.1, 0.15) is 0 Å². The Bertz CT molecular complexity index is 1550. The van der Waals surface area contributed by atoms with Gasteiger partial charge in [-0.3, -0.25) is 14.5 Å². The van der Waals surface area contributed by atoms with Crippen molar-refractivity contribution in [2.24, 2.45) is 11.8 Å². The summed E-state index contributed by atoms with van der Waals surface area (Å²) in [6.07, 6.45) is 3.85. The third kappa shape index (κ3) is 4.85. The smallest absolute Gasteiger partial charge is 0.337 e. The third-order valence-electron chi connectivity index (χ3n) is 9.80. The van der Waals surface area contributed by atoms with E-state index in [-0.39, 0.29) is 35.5 Å². The molecule has 1 spiro atoms. The van der Waals surface area contributed by atoms with Gasteiger partial charge in [-0.25, -0.2) is 4.79 Å². The molecule has 7 nitrogen and oxygen atoms in total. The average Bonchev–Trinajstić information content (AvgIpc) is 3.54. The number of rotatable bonds is 8. The van der Waals surface area contributed by atoms with Gasteiger partial charge in [0.05, 0.1) is 38.0 Å². The average molecular weight is 579 g/mol. The van der Waals surface area contributed by atoms with Crippen LogP contribution < -0.4 is 4.90 Å². The number of nitrogens with zero attached hydrogens (tertiary/aromatic N) is 2. The zero-order valence-corrected chi connectivity index (χ0v) is 25.0. The Labute approximate surface area is 253 Å². The molecule has 6 rings (SSSR count). The minimum absolute atomic E-state index is 0.0224. The third-order valence-corrected chi connectivity index (χ3v) is 9.80. The Morgan fingerprint density at radius 2 is 1.65 bits per heavy atom. The Morgan fingerprint density at radius 3 is 2.35 bits per heavy atom. The number of piperidine rings is 1. The van der Waals surface area contributed by atoms with Gasteiger partial charge in [0, 0.05) is 29.4 Å². The van der Waals surface area contributed by atoms with Crippen molar-refractivity contribution in [3.8, 4) is 0 Å². The molecule has 3 aliphatic heterocycles. The first-order valence-electron chi connectivity index (χ1n) is 15.1. The lowest BCUT2D eigenvalue weighted by molar-refractivity contribution is -0.137. The number of esters is 1. The zero-order valence-electron chi connectivity index (χ0n) is 25.0. The molecule has 2 fully saturated rings. The fourth-order valence-corrected chi connectivity index (χ4v) is 7.68. The number of methoxy groups -OCH3 is 2. The molecular weight excluding hydrogens is 540 g/mol. The highest BCUT2D eigenvalue weighted by Crippen LogP contribution is 2.55. The van der Waals surface area contributed by atoms with Gasteiger partial charge in [-0.15, -0.1) is 0 Å². The molecule has 7 heteroatoms. The van der Waals surface area contributed by atoms with Crippen molar-refractivity contribution >= 4 is 23.3 Å². The minimum atomic E-state index is -0.689. The second-order valence-corrected chi connectivity index (χ2v) is 11.8. The van der Waals surface area contributed by atoms with Crippen molar-refractivity contribution in [3.63, 3.8) is 0 Å². The molecule has 0 radical (unpaired) electrons. The molecule has 0 N–H and O–H groups in total. The number of anilines is 1. The Morgan fingerprint density at radius 1 is 0.953 bits per heavy atom. The maximum Gasteiger partial charge on any atom is 0.337 e. The first-order valence-corrected chi connectivity index (χ1v) is 15.1. The van der Waals surface area contributed by atoms with E-state index in [0.29, 0.717) is 29.7 Å². The summed E-state index contributed by atoms with van der Waals surface area (Å²) in [5.41, 5.74) is 4.09. The van der Waals surface area contributed by atoms with Crippen molar-refractivity contribution < 1.29 is 23.9 Å². The van der Waals surface area contributed by atoms with E-state index in [1.165, 1.54) is 13.4 Å². The van der Waals surface area contributed by atoms with E-state index in [4.69, 9.17) is 9.47 Å². The summed E-state index contributed by atoms with van der Waals surface area (Å²) in [4.78, 5) is 44.8. The summed E-state index contributed by atoms with van der Waals surface area (Å²) >= 11 is 0. The highest BCUT2D eigenvalue weighted by molar-refractivity contribution is 6.10. The van der Waals surface area contributed by atoms with Crippen LogP contribution in [0.1, 0.15) is 53.2 Å². The van der Waals surface area contributed by atoms with Crippen LogP contribution in [-0.2, 0) is 31.0 Å². The van der Waals surface area contributed by atoms with Gasteiger partial charge in [-0.1, -0.05) is 86.1 Å². The van der Waals surface area contributed by atoms with Crippen LogP contribution in [0.2, 0.25) is 0 Å². The van der Waals surface area contributed by atoms with E-state index < -0.39 is 5.41 Å². The van der Waals surface area contributed by atoms with Gasteiger partial charge in [-0.2, -0.15) is 0 Å². The number of carbonyl (C=O) groups excluding carboxylic acids is 3. The summed E-state index contributed by atoms with van der Waals surface area (Å²) in [6, 6.07) is 24.9. The highest BCUT2D eigenvalue weighted by Gasteiger charge is 2.62. The maximum absolute atomic E-state index is 14.7. The highest BCUT2D eigenvalue weighted by atomic mass is 16.5. The standard InChI is InChI=1S/C36H38N2O5/c1-4-25-22-37-19-18-36(32(37)20-28(25)29(23-42-2)34(40)43-3)30-12-8-9-13-31(30)38(35(36)41)21-24-14-16-27(17-15-24)33(39)26-10-6-5-7-11-26/h5-17,23,25,28,32H,4,18-22H2,1-3H3/b29-23+/t25-,28-,32?,36+/m0/s1. The second-order valence-electron chi connectivity index (χ2n) is 11.8. The quantitative estimate of drug-likeness (QED) is 0.152. The van der Waals surface area contributed by atoms with Crippen LogP contribution in [0.5, 0.6) is 0 Å². The van der Waals surface area contributed by atoms with Gasteiger partial charge in [0.15, 0.2) is 5.78 Å². The van der Waals surface area contributed by atoms with Crippen molar-refractivity contribution in [1.29, 1.82) is 0 Å². The predicted octanol–water partition coefficient (Wildman–Crippen LogP) is 5.53. The molecule has 1 amide bonds. The van der Waals surface area contributed by atoms with Crippen LogP contribution in [0.3, 0.4) is 0 Å². The molecule has 43 heavy (non-hydrogen) atoms. The van der Waals surface area contributed by atoms with E-state index in [1.807, 2.05) is 77.7 Å². The normalized spacial score (nSPS) is 25.0. The monoisotopic (exact) mass is 578 g/mol. The fourth-order valence-electron chi connectivity index (χ4n) is 7.68. The van der Waals surface area contributed by atoms with Crippen molar-refractivity contribution in [2.75, 3.05) is 32.2 Å². The number of ketones is 1. The zero-order chi connectivity index (χ0) is 30.1. The van der Waals surface area contributed by atoms with Crippen molar-refractivity contribution in [1.82, 2.24) is 4.90 Å². The predicted molar refractivity (Wildman–Crippen MR) is 165 cm³/mol. The van der Waals surface area contributed by atoms with Gasteiger partial charge in [0.2, 0.25) is 5.91 Å². The Kier molecular flexibility index (Phi) is 7.93. The number of hydrogen-bond donors (Lipinski definition) is 0. The topological polar surface area (TPSA) is 76.2 Å². The van der Waals surface area contributed by atoms with Crippen LogP contribution in [0.4, 0.5) is 5.69 Å². The molecule has 2 saturated heterocycles. The molecule has 0 aromatic heterocycles. The molecule has 3 heterocycles. The molecule has 1 unspecified atom stereocenters. The van der Waals surface area contributed by atoms with E-state index in [0.717, 1.165) is 42.7 Å². The lowest BCUT2D eigenvalue weighted by atomic mass is 9.67. The summed E-state index contributed by atoms with van der Waals surface area (Å²) in [5, 5.41) is 0. The van der Waals surface area contributed by atoms with Crippen LogP contribution in [0.15, 0.2) is 90.7 Å². The van der Waals surface area contributed by atoms with E-state index in [9.17, 15) is 14.4 Å². The lowest BCUT2D eigenvalue weighted by Gasteiger charge is -2.45. The number of carbonyl (C=O) groups is 3. The van der Waals surface area contributed by atoms with Crippen LogP contribution in [0.25, 0.3) is 0 Å². The summed E-state index contributed by atoms with van der Waals surface area (Å²) in [6.45, 7) is 4.22. The lowest BCUT2D eigenvalue weighted by Crippen LogP contribution is -2.54. The first-order chi connectivity index (χ1) is 20.9. The number of ether oxygens (including phenoxy) is 2. The van der Waals surface area contributed by atoms with Gasteiger partial charge in [-0.05, 0) is 48.4 Å². The number of fused-ring (bicyclic) bond motifs is 4. The molecule has 3 aliphatic rings. The molecule has 0 aliphatic carbocycles. The van der Waals surface area contributed by atoms with E-state index in [2.05, 4.69) is 17.9 Å². The van der Waals surface area contributed by atoms with E-state index in [1.54, 1.807) is 7.11 Å². The Balaban J connectivity index is 1.31. The molecular formula is C36H38N2O5.